The summed E-state index contributed by atoms with van der Waals surface area (Å²) >= 11 is 0. The Balaban J connectivity index is 1.13. The van der Waals surface area contributed by atoms with Crippen molar-refractivity contribution in [1.82, 2.24) is 4.90 Å². The molecule has 3 aromatic carbocycles. The fourth-order valence-electron chi connectivity index (χ4n) is 6.03. The molecule has 2 unspecified atom stereocenters. The van der Waals surface area contributed by atoms with Crippen LogP contribution in [0.5, 0.6) is 17.2 Å². The smallest absolute Gasteiger partial charge is 0.184 e. The molecule has 0 spiro atoms. The number of benzene rings is 3. The molecule has 1 N–H and O–H groups in total. The monoisotopic (exact) mass is 527 g/mol. The standard InChI is InChI=1S/C32H37N3O4/c36-29(13-7-21-37-25-9-2-1-3-10-25)31(27-16-15-24-8-4-5-11-26(24)33-27)35-19-17-34(18-20-35)28-12-6-14-30-32(28)39-23-22-38-30/h1-6,8-12,14,27,31,33H,7,13,15-23H2. The lowest BCUT2D eigenvalue weighted by molar-refractivity contribution is -0.125. The van der Waals surface area contributed by atoms with Crippen LogP contribution < -0.4 is 24.4 Å². The number of hydrogen-bond donors (Lipinski definition) is 1. The van der Waals surface area contributed by atoms with E-state index in [-0.39, 0.29) is 12.1 Å². The summed E-state index contributed by atoms with van der Waals surface area (Å²) in [7, 11) is 0. The summed E-state index contributed by atoms with van der Waals surface area (Å²) in [6.45, 7) is 5.01. The average Bonchev–Trinajstić information content (AvgIpc) is 3.00. The second-order valence-electron chi connectivity index (χ2n) is 10.4. The van der Waals surface area contributed by atoms with Gasteiger partial charge in [-0.3, -0.25) is 9.69 Å². The lowest BCUT2D eigenvalue weighted by Gasteiger charge is -2.44. The number of fused-ring (bicyclic) bond motifs is 2. The van der Waals surface area contributed by atoms with Gasteiger partial charge in [-0.1, -0.05) is 42.5 Å². The number of nitrogens with one attached hydrogen (secondary N) is 1. The first-order chi connectivity index (χ1) is 19.3. The summed E-state index contributed by atoms with van der Waals surface area (Å²) in [6.07, 6.45) is 3.16. The van der Waals surface area contributed by atoms with Crippen LogP contribution in [-0.2, 0) is 11.2 Å². The molecule has 0 bridgehead atoms. The van der Waals surface area contributed by atoms with E-state index in [9.17, 15) is 4.79 Å². The number of Topliss-reactive ketones (excluding diaryl/α,β-unsaturated/α-hetero) is 1. The van der Waals surface area contributed by atoms with Gasteiger partial charge in [-0.25, -0.2) is 0 Å². The minimum Gasteiger partial charge on any atom is -0.494 e. The Hall–Kier alpha value is -3.71. The van der Waals surface area contributed by atoms with Crippen LogP contribution in [0.4, 0.5) is 11.4 Å². The minimum atomic E-state index is -0.165. The first kappa shape index (κ1) is 25.6. The highest BCUT2D eigenvalue weighted by Gasteiger charge is 2.37. The number of carbonyl (C=O) groups is 1. The molecular weight excluding hydrogens is 490 g/mol. The molecule has 0 saturated carbocycles. The van der Waals surface area contributed by atoms with Crippen molar-refractivity contribution in [3.63, 3.8) is 0 Å². The van der Waals surface area contributed by atoms with E-state index >= 15 is 0 Å². The molecule has 3 aliphatic rings. The second-order valence-corrected chi connectivity index (χ2v) is 10.4. The summed E-state index contributed by atoms with van der Waals surface area (Å²) in [5.74, 6) is 2.80. The summed E-state index contributed by atoms with van der Waals surface area (Å²) < 4.78 is 17.7. The minimum absolute atomic E-state index is 0.0928. The molecule has 3 aromatic rings. The predicted octanol–water partition coefficient (Wildman–Crippen LogP) is 4.80. The van der Waals surface area contributed by atoms with Crippen LogP contribution in [0.1, 0.15) is 24.8 Å². The van der Waals surface area contributed by atoms with Crippen LogP contribution in [0.15, 0.2) is 72.8 Å². The largest absolute Gasteiger partial charge is 0.494 e. The average molecular weight is 528 g/mol. The molecule has 3 aliphatic heterocycles. The third kappa shape index (κ3) is 5.83. The van der Waals surface area contributed by atoms with Crippen molar-refractivity contribution in [2.24, 2.45) is 0 Å². The Bertz CT molecular complexity index is 1260. The van der Waals surface area contributed by atoms with Crippen molar-refractivity contribution in [2.75, 3.05) is 56.2 Å². The summed E-state index contributed by atoms with van der Waals surface area (Å²) in [5, 5.41) is 3.73. The van der Waals surface area contributed by atoms with Gasteiger partial charge in [0.05, 0.1) is 18.3 Å². The van der Waals surface area contributed by atoms with Crippen molar-refractivity contribution in [3.8, 4) is 17.2 Å². The number of piperazine rings is 1. The maximum Gasteiger partial charge on any atom is 0.184 e. The van der Waals surface area contributed by atoms with Crippen molar-refractivity contribution in [2.45, 2.75) is 37.8 Å². The molecule has 6 rings (SSSR count). The van der Waals surface area contributed by atoms with Gasteiger partial charge in [0.25, 0.3) is 0 Å². The second kappa shape index (κ2) is 12.0. The van der Waals surface area contributed by atoms with E-state index in [2.05, 4.69) is 45.4 Å². The highest BCUT2D eigenvalue weighted by atomic mass is 16.6. The third-order valence-corrected chi connectivity index (χ3v) is 7.97. The molecule has 1 fully saturated rings. The highest BCUT2D eigenvalue weighted by Crippen LogP contribution is 2.40. The summed E-state index contributed by atoms with van der Waals surface area (Å²) in [4.78, 5) is 18.6. The number of ketones is 1. The third-order valence-electron chi connectivity index (χ3n) is 7.97. The number of rotatable bonds is 9. The van der Waals surface area contributed by atoms with E-state index in [1.165, 1.54) is 5.56 Å². The zero-order valence-corrected chi connectivity index (χ0v) is 22.4. The maximum absolute atomic E-state index is 13.8. The maximum atomic E-state index is 13.8. The zero-order chi connectivity index (χ0) is 26.4. The number of aryl methyl sites for hydroxylation is 1. The van der Waals surface area contributed by atoms with Crippen LogP contribution in [0, 0.1) is 0 Å². The Morgan fingerprint density at radius 2 is 1.72 bits per heavy atom. The Morgan fingerprint density at radius 3 is 2.59 bits per heavy atom. The molecule has 0 radical (unpaired) electrons. The van der Waals surface area contributed by atoms with Crippen LogP contribution in [-0.4, -0.2) is 68.8 Å². The molecule has 204 valence electrons. The van der Waals surface area contributed by atoms with Crippen LogP contribution in [0.3, 0.4) is 0 Å². The Labute approximate surface area is 230 Å². The van der Waals surface area contributed by atoms with Gasteiger partial charge in [0.2, 0.25) is 0 Å². The van der Waals surface area contributed by atoms with E-state index in [0.717, 1.165) is 67.6 Å². The Kier molecular flexibility index (Phi) is 7.86. The van der Waals surface area contributed by atoms with E-state index in [1.54, 1.807) is 0 Å². The van der Waals surface area contributed by atoms with Crippen molar-refractivity contribution >= 4 is 17.2 Å². The van der Waals surface area contributed by atoms with Crippen molar-refractivity contribution < 1.29 is 19.0 Å². The summed E-state index contributed by atoms with van der Waals surface area (Å²) in [5.41, 5.74) is 3.57. The lowest BCUT2D eigenvalue weighted by atomic mass is 9.89. The number of hydrogen-bond acceptors (Lipinski definition) is 7. The highest BCUT2D eigenvalue weighted by molar-refractivity contribution is 5.85. The van der Waals surface area contributed by atoms with Gasteiger partial charge in [0.15, 0.2) is 17.3 Å². The molecule has 39 heavy (non-hydrogen) atoms. The van der Waals surface area contributed by atoms with Crippen LogP contribution >= 0.6 is 0 Å². The normalized spacial score (nSPS) is 19.5. The van der Waals surface area contributed by atoms with Crippen LogP contribution in [0.2, 0.25) is 0 Å². The number of ether oxygens (including phenoxy) is 3. The van der Waals surface area contributed by atoms with Crippen molar-refractivity contribution in [3.05, 3.63) is 78.4 Å². The predicted molar refractivity (Wildman–Crippen MR) is 153 cm³/mol. The SMILES string of the molecule is O=C(CCCOc1ccccc1)C(C1CCc2ccccc2N1)N1CCN(c2cccc3c2OCCO3)CC1. The first-order valence-corrected chi connectivity index (χ1v) is 14.2. The van der Waals surface area contributed by atoms with E-state index < -0.39 is 0 Å². The van der Waals surface area contributed by atoms with E-state index in [0.29, 0.717) is 38.4 Å². The molecule has 7 heteroatoms. The number of anilines is 2. The number of nitrogens with zero attached hydrogens (tertiary/aromatic N) is 2. The van der Waals surface area contributed by atoms with Gasteiger partial charge >= 0.3 is 0 Å². The van der Waals surface area contributed by atoms with E-state index in [4.69, 9.17) is 14.2 Å². The first-order valence-electron chi connectivity index (χ1n) is 14.2. The molecule has 7 nitrogen and oxygen atoms in total. The van der Waals surface area contributed by atoms with Gasteiger partial charge in [0, 0.05) is 44.3 Å². The zero-order valence-electron chi connectivity index (χ0n) is 22.4. The molecule has 1 saturated heterocycles. The number of para-hydroxylation sites is 3. The lowest BCUT2D eigenvalue weighted by Crippen LogP contribution is -2.58. The molecular formula is C32H37N3O4. The van der Waals surface area contributed by atoms with Gasteiger partial charge in [-0.05, 0) is 55.2 Å². The van der Waals surface area contributed by atoms with Gasteiger partial charge in [0.1, 0.15) is 19.0 Å². The Morgan fingerprint density at radius 1 is 0.923 bits per heavy atom. The topological polar surface area (TPSA) is 63.3 Å². The van der Waals surface area contributed by atoms with Crippen molar-refractivity contribution in [1.29, 1.82) is 0 Å². The van der Waals surface area contributed by atoms with Gasteiger partial charge in [-0.2, -0.15) is 0 Å². The molecule has 3 heterocycles. The quantitative estimate of drug-likeness (QED) is 0.401. The fourth-order valence-corrected chi connectivity index (χ4v) is 6.03. The molecule has 0 aromatic heterocycles. The molecule has 0 amide bonds. The molecule has 0 aliphatic carbocycles. The fraction of sp³-hybridized carbons (Fsp3) is 0.406. The van der Waals surface area contributed by atoms with Gasteiger partial charge < -0.3 is 24.4 Å². The number of carbonyl (C=O) groups excluding carboxylic acids is 1. The van der Waals surface area contributed by atoms with Crippen LogP contribution in [0.25, 0.3) is 0 Å². The van der Waals surface area contributed by atoms with E-state index in [1.807, 2.05) is 42.5 Å². The van der Waals surface area contributed by atoms with Gasteiger partial charge in [-0.15, -0.1) is 0 Å². The molecule has 2 atom stereocenters. The summed E-state index contributed by atoms with van der Waals surface area (Å²) in [6, 6.07) is 24.3.